The lowest BCUT2D eigenvalue weighted by molar-refractivity contribution is -0.230. The molecule has 4 atom stereocenters. The molecule has 2 N–H and O–H groups in total. The van der Waals surface area contributed by atoms with Gasteiger partial charge in [-0.3, -0.25) is 0 Å². The number of carbonyl (C=O) groups excluding carboxylic acids is 1. The van der Waals surface area contributed by atoms with Gasteiger partial charge in [0.2, 0.25) is 6.29 Å². The normalized spacial score (nSPS) is 42.5. The smallest absolute Gasteiger partial charge is 0.340 e. The summed E-state index contributed by atoms with van der Waals surface area (Å²) in [4.78, 5) is 10.8. The van der Waals surface area contributed by atoms with E-state index in [-0.39, 0.29) is 0 Å². The molecule has 0 spiro atoms. The molecule has 12 heavy (non-hydrogen) atoms. The molecule has 1 saturated heterocycles. The maximum atomic E-state index is 10.8. The summed E-state index contributed by atoms with van der Waals surface area (Å²) in [5.74, 6) is -1.25. The molecule has 0 unspecified atom stereocenters. The van der Waals surface area contributed by atoms with Gasteiger partial charge >= 0.3 is 5.97 Å². The molecule has 0 aromatic rings. The van der Waals surface area contributed by atoms with Gasteiger partial charge in [-0.25, -0.2) is 4.79 Å². The van der Waals surface area contributed by atoms with Crippen LogP contribution in [0.4, 0.5) is 0 Å². The van der Waals surface area contributed by atoms with Crippen LogP contribution in [0.5, 0.6) is 0 Å². The first-order chi connectivity index (χ1) is 5.57. The third-order valence-corrected chi connectivity index (χ3v) is 2.00. The highest BCUT2D eigenvalue weighted by Gasteiger charge is 2.42. The van der Waals surface area contributed by atoms with Crippen LogP contribution < -0.4 is 0 Å². The summed E-state index contributed by atoms with van der Waals surface area (Å²) in [5, 5.41) is 18.3. The molecule has 1 fully saturated rings. The summed E-state index contributed by atoms with van der Waals surface area (Å²) in [6, 6.07) is 0. The van der Waals surface area contributed by atoms with Gasteiger partial charge in [0.15, 0.2) is 6.10 Å². The molecule has 0 aliphatic carbocycles. The molecule has 1 aliphatic rings. The SMILES string of the molecule is CO[C@H]1OC(=O)[C@H](O)[C@@H](O)[C@@H]1C. The maximum Gasteiger partial charge on any atom is 0.340 e. The molecule has 5 nitrogen and oxygen atoms in total. The zero-order valence-corrected chi connectivity index (χ0v) is 6.93. The highest BCUT2D eigenvalue weighted by Crippen LogP contribution is 2.22. The number of hydrogen-bond donors (Lipinski definition) is 2. The van der Waals surface area contributed by atoms with E-state index in [2.05, 4.69) is 4.74 Å². The Labute approximate surface area is 69.9 Å². The molecule has 1 heterocycles. The van der Waals surface area contributed by atoms with Crippen molar-refractivity contribution in [3.8, 4) is 0 Å². The van der Waals surface area contributed by atoms with E-state index in [4.69, 9.17) is 9.84 Å². The average Bonchev–Trinajstić information content (AvgIpc) is 2.08. The third-order valence-electron chi connectivity index (χ3n) is 2.00. The number of carbonyl (C=O) groups is 1. The maximum absolute atomic E-state index is 10.8. The van der Waals surface area contributed by atoms with Crippen LogP contribution in [0.15, 0.2) is 0 Å². The number of esters is 1. The van der Waals surface area contributed by atoms with Crippen LogP contribution in [-0.2, 0) is 14.3 Å². The van der Waals surface area contributed by atoms with Crippen LogP contribution in [0.3, 0.4) is 0 Å². The van der Waals surface area contributed by atoms with Gasteiger partial charge in [0.05, 0.1) is 6.10 Å². The summed E-state index contributed by atoms with van der Waals surface area (Å²) >= 11 is 0. The van der Waals surface area contributed by atoms with Gasteiger partial charge in [-0.15, -0.1) is 0 Å². The molecule has 0 aromatic heterocycles. The number of aliphatic hydroxyl groups excluding tert-OH is 2. The highest BCUT2D eigenvalue weighted by atomic mass is 16.7. The van der Waals surface area contributed by atoms with Gasteiger partial charge in [0.1, 0.15) is 0 Å². The molecule has 5 heteroatoms. The number of hydrogen-bond acceptors (Lipinski definition) is 5. The molecule has 1 rings (SSSR count). The van der Waals surface area contributed by atoms with E-state index in [9.17, 15) is 9.90 Å². The first-order valence-electron chi connectivity index (χ1n) is 3.67. The van der Waals surface area contributed by atoms with Crippen molar-refractivity contribution in [1.29, 1.82) is 0 Å². The lowest BCUT2D eigenvalue weighted by Crippen LogP contribution is -2.51. The van der Waals surface area contributed by atoms with Crippen LogP contribution in [0.25, 0.3) is 0 Å². The molecule has 1 aliphatic heterocycles. The van der Waals surface area contributed by atoms with Gasteiger partial charge in [0, 0.05) is 13.0 Å². The van der Waals surface area contributed by atoms with Crippen molar-refractivity contribution >= 4 is 5.97 Å². The van der Waals surface area contributed by atoms with Crippen LogP contribution >= 0.6 is 0 Å². The molecule has 0 radical (unpaired) electrons. The fourth-order valence-corrected chi connectivity index (χ4v) is 1.14. The van der Waals surface area contributed by atoms with E-state index in [1.807, 2.05) is 0 Å². The monoisotopic (exact) mass is 176 g/mol. The van der Waals surface area contributed by atoms with E-state index >= 15 is 0 Å². The summed E-state index contributed by atoms with van der Waals surface area (Å²) in [5.41, 5.74) is 0. The van der Waals surface area contributed by atoms with Crippen LogP contribution in [0.2, 0.25) is 0 Å². The van der Waals surface area contributed by atoms with E-state index in [1.165, 1.54) is 7.11 Å². The largest absolute Gasteiger partial charge is 0.433 e. The zero-order chi connectivity index (χ0) is 9.30. The molecule has 0 amide bonds. The predicted molar refractivity (Wildman–Crippen MR) is 38.1 cm³/mol. The number of cyclic esters (lactones) is 1. The summed E-state index contributed by atoms with van der Waals surface area (Å²) in [7, 11) is 1.37. The topological polar surface area (TPSA) is 76.0 Å². The van der Waals surface area contributed by atoms with Crippen molar-refractivity contribution in [2.24, 2.45) is 5.92 Å². The highest BCUT2D eigenvalue weighted by molar-refractivity contribution is 5.76. The fourth-order valence-electron chi connectivity index (χ4n) is 1.14. The second-order valence-electron chi connectivity index (χ2n) is 2.84. The average molecular weight is 176 g/mol. The van der Waals surface area contributed by atoms with Gasteiger partial charge in [-0.2, -0.15) is 0 Å². The Hall–Kier alpha value is -0.650. The molecule has 0 saturated carbocycles. The van der Waals surface area contributed by atoms with Crippen molar-refractivity contribution in [3.05, 3.63) is 0 Å². The second-order valence-corrected chi connectivity index (χ2v) is 2.84. The lowest BCUT2D eigenvalue weighted by Gasteiger charge is -2.33. The first-order valence-corrected chi connectivity index (χ1v) is 3.67. The minimum atomic E-state index is -1.45. The van der Waals surface area contributed by atoms with Gasteiger partial charge in [0.25, 0.3) is 0 Å². The van der Waals surface area contributed by atoms with E-state index in [0.29, 0.717) is 0 Å². The van der Waals surface area contributed by atoms with Crippen molar-refractivity contribution < 1.29 is 24.5 Å². The number of rotatable bonds is 1. The predicted octanol–water partition coefficient (Wildman–Crippen LogP) is -1.13. The van der Waals surface area contributed by atoms with Crippen molar-refractivity contribution in [2.75, 3.05) is 7.11 Å². The van der Waals surface area contributed by atoms with E-state index in [1.54, 1.807) is 6.92 Å². The quantitative estimate of drug-likeness (QED) is 0.494. The second kappa shape index (κ2) is 3.38. The minimum absolute atomic E-state index is 0.414. The van der Waals surface area contributed by atoms with Crippen molar-refractivity contribution in [3.63, 3.8) is 0 Å². The zero-order valence-electron chi connectivity index (χ0n) is 6.93. The Morgan fingerprint density at radius 3 is 2.58 bits per heavy atom. The van der Waals surface area contributed by atoms with Crippen molar-refractivity contribution in [1.82, 2.24) is 0 Å². The van der Waals surface area contributed by atoms with Crippen LogP contribution in [0, 0.1) is 5.92 Å². The Bertz CT molecular complexity index is 179. The van der Waals surface area contributed by atoms with E-state index in [0.717, 1.165) is 0 Å². The summed E-state index contributed by atoms with van der Waals surface area (Å²) in [6.45, 7) is 1.63. The van der Waals surface area contributed by atoms with Gasteiger partial charge in [-0.05, 0) is 0 Å². The lowest BCUT2D eigenvalue weighted by atomic mass is 9.96. The van der Waals surface area contributed by atoms with Crippen LogP contribution in [0.1, 0.15) is 6.92 Å². The molecular formula is C7H12O5. The minimum Gasteiger partial charge on any atom is -0.433 e. The Kier molecular flexibility index (Phi) is 2.66. The number of aliphatic hydroxyl groups is 2. The van der Waals surface area contributed by atoms with Crippen molar-refractivity contribution in [2.45, 2.75) is 25.4 Å². The fraction of sp³-hybridized carbons (Fsp3) is 0.857. The molecular weight excluding hydrogens is 164 g/mol. The summed E-state index contributed by atoms with van der Waals surface area (Å²) < 4.78 is 9.44. The summed E-state index contributed by atoms with van der Waals surface area (Å²) in [6.07, 6.45) is -3.33. The number of methoxy groups -OCH3 is 1. The van der Waals surface area contributed by atoms with Gasteiger partial charge in [-0.1, -0.05) is 6.92 Å². The Balaban J connectivity index is 2.70. The Morgan fingerprint density at radius 1 is 1.50 bits per heavy atom. The third kappa shape index (κ3) is 1.43. The van der Waals surface area contributed by atoms with Crippen LogP contribution in [-0.4, -0.2) is 41.8 Å². The molecule has 70 valence electrons. The standard InChI is InChI=1S/C7H12O5/c1-3-4(8)5(9)6(10)12-7(3)11-2/h3-5,7-9H,1-2H3/t3-,4-,5+,7-/m0/s1. The number of ether oxygens (including phenoxy) is 2. The van der Waals surface area contributed by atoms with E-state index < -0.39 is 30.4 Å². The molecule has 0 bridgehead atoms. The van der Waals surface area contributed by atoms with Gasteiger partial charge < -0.3 is 19.7 Å². The first kappa shape index (κ1) is 9.44. The molecule has 0 aromatic carbocycles. The Morgan fingerprint density at radius 2 is 2.08 bits per heavy atom.